The van der Waals surface area contributed by atoms with Gasteiger partial charge < -0.3 is 10.7 Å². The van der Waals surface area contributed by atoms with Gasteiger partial charge in [0.15, 0.2) is 0 Å². The number of nitrogen functional groups attached to an aromatic ring is 1. The summed E-state index contributed by atoms with van der Waals surface area (Å²) in [6.45, 7) is 0. The molecule has 0 aliphatic rings. The van der Waals surface area contributed by atoms with Crippen LogP contribution in [0.2, 0.25) is 0 Å². The maximum atomic E-state index is 5.74. The third-order valence-corrected chi connectivity index (χ3v) is 2.52. The van der Waals surface area contributed by atoms with Crippen molar-refractivity contribution in [2.24, 2.45) is 0 Å². The lowest BCUT2D eigenvalue weighted by Gasteiger charge is -1.98. The molecule has 0 aliphatic heterocycles. The molecule has 4 nitrogen and oxygen atoms in total. The molecule has 3 N–H and O–H groups in total. The number of aromatic amines is 1. The number of anilines is 1. The summed E-state index contributed by atoms with van der Waals surface area (Å²) in [6, 6.07) is 5.84. The Hall–Kier alpha value is -2.36. The number of rotatable bonds is 1. The number of hydrogen-bond acceptors (Lipinski definition) is 3. The largest absolute Gasteiger partial charge is 0.397 e. The second kappa shape index (κ2) is 3.34. The van der Waals surface area contributed by atoms with Crippen LogP contribution >= 0.6 is 0 Å². The Kier molecular flexibility index (Phi) is 1.86. The molecule has 78 valence electrons. The minimum Gasteiger partial charge on any atom is -0.397 e. The molecule has 0 atom stereocenters. The van der Waals surface area contributed by atoms with E-state index in [4.69, 9.17) is 5.73 Å². The topological polar surface area (TPSA) is 67.6 Å². The lowest BCUT2D eigenvalue weighted by Crippen LogP contribution is -1.86. The van der Waals surface area contributed by atoms with E-state index < -0.39 is 0 Å². The molecule has 0 fully saturated rings. The minimum atomic E-state index is 0.664. The van der Waals surface area contributed by atoms with Gasteiger partial charge in [0.05, 0.1) is 11.9 Å². The summed E-state index contributed by atoms with van der Waals surface area (Å²) in [4.78, 5) is 11.4. The second-order valence-corrected chi connectivity index (χ2v) is 3.61. The van der Waals surface area contributed by atoms with E-state index in [0.29, 0.717) is 5.69 Å². The SMILES string of the molecule is Nc1cnc2[nH]cc(-c3cccnc3)c2c1. The highest BCUT2D eigenvalue weighted by molar-refractivity contribution is 5.94. The molecule has 0 bridgehead atoms. The van der Waals surface area contributed by atoms with Crippen LogP contribution in [0.15, 0.2) is 43.0 Å². The highest BCUT2D eigenvalue weighted by Gasteiger charge is 2.06. The molecular weight excluding hydrogens is 200 g/mol. The average molecular weight is 210 g/mol. The van der Waals surface area contributed by atoms with Crippen molar-refractivity contribution >= 4 is 16.7 Å². The van der Waals surface area contributed by atoms with Crippen LogP contribution < -0.4 is 5.73 Å². The minimum absolute atomic E-state index is 0.664. The van der Waals surface area contributed by atoms with Crippen molar-refractivity contribution in [2.75, 3.05) is 5.73 Å². The standard InChI is InChI=1S/C12H10N4/c13-9-4-10-11(7-16-12(10)15-6-9)8-2-1-3-14-5-8/h1-7H,13H2,(H,15,16). The Balaban J connectivity index is 2.29. The van der Waals surface area contributed by atoms with E-state index in [2.05, 4.69) is 15.0 Å². The number of nitrogens with zero attached hydrogens (tertiary/aromatic N) is 2. The lowest BCUT2D eigenvalue weighted by atomic mass is 10.1. The Morgan fingerprint density at radius 1 is 1.25 bits per heavy atom. The molecule has 0 saturated carbocycles. The van der Waals surface area contributed by atoms with Gasteiger partial charge in [-0.15, -0.1) is 0 Å². The van der Waals surface area contributed by atoms with Crippen molar-refractivity contribution in [3.63, 3.8) is 0 Å². The summed E-state index contributed by atoms with van der Waals surface area (Å²) >= 11 is 0. The number of hydrogen-bond donors (Lipinski definition) is 2. The van der Waals surface area contributed by atoms with E-state index in [0.717, 1.165) is 22.2 Å². The molecule has 0 saturated heterocycles. The van der Waals surface area contributed by atoms with Crippen LogP contribution in [-0.4, -0.2) is 15.0 Å². The van der Waals surface area contributed by atoms with Gasteiger partial charge in [-0.2, -0.15) is 0 Å². The van der Waals surface area contributed by atoms with Gasteiger partial charge in [-0.3, -0.25) is 4.98 Å². The summed E-state index contributed by atoms with van der Waals surface area (Å²) in [5.41, 5.74) is 9.37. The Morgan fingerprint density at radius 3 is 3.00 bits per heavy atom. The fourth-order valence-electron chi connectivity index (χ4n) is 1.78. The van der Waals surface area contributed by atoms with E-state index in [1.54, 1.807) is 12.4 Å². The van der Waals surface area contributed by atoms with Gasteiger partial charge >= 0.3 is 0 Å². The molecule has 16 heavy (non-hydrogen) atoms. The zero-order valence-corrected chi connectivity index (χ0v) is 8.51. The van der Waals surface area contributed by atoms with E-state index in [1.807, 2.05) is 30.6 Å². The van der Waals surface area contributed by atoms with Crippen LogP contribution in [0.5, 0.6) is 0 Å². The fourth-order valence-corrected chi connectivity index (χ4v) is 1.78. The Labute approximate surface area is 92.2 Å². The molecule has 0 unspecified atom stereocenters. The normalized spacial score (nSPS) is 10.8. The van der Waals surface area contributed by atoms with E-state index >= 15 is 0 Å². The van der Waals surface area contributed by atoms with E-state index in [9.17, 15) is 0 Å². The third-order valence-electron chi connectivity index (χ3n) is 2.52. The van der Waals surface area contributed by atoms with Crippen molar-refractivity contribution < 1.29 is 0 Å². The van der Waals surface area contributed by atoms with E-state index in [1.165, 1.54) is 0 Å². The van der Waals surface area contributed by atoms with Gasteiger partial charge in [0.1, 0.15) is 5.65 Å². The van der Waals surface area contributed by atoms with Crippen LogP contribution in [0, 0.1) is 0 Å². The first-order chi connectivity index (χ1) is 7.84. The van der Waals surface area contributed by atoms with Gasteiger partial charge in [0.2, 0.25) is 0 Å². The summed E-state index contributed by atoms with van der Waals surface area (Å²) in [6.07, 6.45) is 7.15. The molecule has 0 spiro atoms. The van der Waals surface area contributed by atoms with Gasteiger partial charge in [0.25, 0.3) is 0 Å². The molecule has 3 aromatic heterocycles. The maximum Gasteiger partial charge on any atom is 0.138 e. The van der Waals surface area contributed by atoms with Crippen LogP contribution in [0.1, 0.15) is 0 Å². The molecule has 3 aromatic rings. The monoisotopic (exact) mass is 210 g/mol. The van der Waals surface area contributed by atoms with Gasteiger partial charge in [-0.1, -0.05) is 6.07 Å². The van der Waals surface area contributed by atoms with Crippen molar-refractivity contribution in [3.8, 4) is 11.1 Å². The predicted molar refractivity (Wildman–Crippen MR) is 63.7 cm³/mol. The van der Waals surface area contributed by atoms with Crippen molar-refractivity contribution in [2.45, 2.75) is 0 Å². The summed E-state index contributed by atoms with van der Waals surface area (Å²) < 4.78 is 0. The number of nitrogens with one attached hydrogen (secondary N) is 1. The molecule has 3 rings (SSSR count). The molecule has 0 amide bonds. The number of fused-ring (bicyclic) bond motifs is 1. The van der Waals surface area contributed by atoms with Crippen LogP contribution in [0.3, 0.4) is 0 Å². The van der Waals surface area contributed by atoms with E-state index in [-0.39, 0.29) is 0 Å². The Morgan fingerprint density at radius 2 is 2.19 bits per heavy atom. The predicted octanol–water partition coefficient (Wildman–Crippen LogP) is 2.21. The summed E-state index contributed by atoms with van der Waals surface area (Å²) in [7, 11) is 0. The molecule has 3 heterocycles. The number of H-pyrrole nitrogens is 1. The van der Waals surface area contributed by atoms with Crippen molar-refractivity contribution in [1.82, 2.24) is 15.0 Å². The molecule has 0 radical (unpaired) electrons. The Bertz CT molecular complexity index is 628. The van der Waals surface area contributed by atoms with Crippen LogP contribution in [-0.2, 0) is 0 Å². The number of aromatic nitrogens is 3. The maximum absolute atomic E-state index is 5.74. The smallest absolute Gasteiger partial charge is 0.138 e. The molecule has 4 heteroatoms. The molecule has 0 aromatic carbocycles. The molecular formula is C12H10N4. The van der Waals surface area contributed by atoms with Crippen molar-refractivity contribution in [3.05, 3.63) is 43.0 Å². The number of pyridine rings is 2. The summed E-state index contributed by atoms with van der Waals surface area (Å²) in [5, 5.41) is 1.02. The quantitative estimate of drug-likeness (QED) is 0.647. The fraction of sp³-hybridized carbons (Fsp3) is 0. The highest BCUT2D eigenvalue weighted by Crippen LogP contribution is 2.27. The second-order valence-electron chi connectivity index (χ2n) is 3.61. The zero-order valence-electron chi connectivity index (χ0n) is 8.51. The first-order valence-corrected chi connectivity index (χ1v) is 4.97. The first kappa shape index (κ1) is 8.91. The molecule has 0 aliphatic carbocycles. The van der Waals surface area contributed by atoms with Crippen LogP contribution in [0.25, 0.3) is 22.2 Å². The number of nitrogens with two attached hydrogens (primary N) is 1. The van der Waals surface area contributed by atoms with Gasteiger partial charge in [-0.05, 0) is 12.1 Å². The van der Waals surface area contributed by atoms with Crippen molar-refractivity contribution in [1.29, 1.82) is 0 Å². The lowest BCUT2D eigenvalue weighted by molar-refractivity contribution is 1.32. The van der Waals surface area contributed by atoms with Gasteiger partial charge in [-0.25, -0.2) is 4.98 Å². The summed E-state index contributed by atoms with van der Waals surface area (Å²) in [5.74, 6) is 0. The van der Waals surface area contributed by atoms with Gasteiger partial charge in [0, 0.05) is 35.1 Å². The third kappa shape index (κ3) is 1.32. The average Bonchev–Trinajstić information content (AvgIpc) is 2.73. The van der Waals surface area contributed by atoms with Crippen LogP contribution in [0.4, 0.5) is 5.69 Å². The first-order valence-electron chi connectivity index (χ1n) is 4.97. The highest BCUT2D eigenvalue weighted by atomic mass is 14.8. The zero-order chi connectivity index (χ0) is 11.0.